The molecule has 0 unspecified atom stereocenters. The first-order valence-corrected chi connectivity index (χ1v) is 11.0. The van der Waals surface area contributed by atoms with Crippen LogP contribution in [-0.2, 0) is 4.79 Å². The highest BCUT2D eigenvalue weighted by atomic mass is 35.5. The number of amides is 1. The summed E-state index contributed by atoms with van der Waals surface area (Å²) in [6, 6.07) is 12.4. The van der Waals surface area contributed by atoms with Crippen LogP contribution in [-0.4, -0.2) is 21.5 Å². The zero-order valence-corrected chi connectivity index (χ0v) is 18.9. The van der Waals surface area contributed by atoms with Crippen molar-refractivity contribution in [2.75, 3.05) is 10.6 Å². The number of anilines is 2. The topological polar surface area (TPSA) is 76.0 Å². The molecule has 0 saturated carbocycles. The van der Waals surface area contributed by atoms with Crippen molar-refractivity contribution < 1.29 is 14.0 Å². The molecular formula is C25H22ClFN4O2. The number of nitrogens with zero attached hydrogens (tertiary/aromatic N) is 2. The molecule has 0 radical (unpaired) electrons. The second-order valence-corrected chi connectivity index (χ2v) is 9.60. The number of allylic oxidation sites excluding steroid dienone is 2. The van der Waals surface area contributed by atoms with Gasteiger partial charge in [-0.05, 0) is 47.7 Å². The molecule has 1 aliphatic carbocycles. The number of hydrogen-bond acceptors (Lipinski definition) is 4. The molecule has 1 aliphatic heterocycles. The second kappa shape index (κ2) is 7.85. The van der Waals surface area contributed by atoms with Gasteiger partial charge >= 0.3 is 0 Å². The van der Waals surface area contributed by atoms with E-state index < -0.39 is 11.9 Å². The standard InChI is InChI=1S/C25H22ClFN4O2/c1-25(2)11-19-21(20(32)12-25)22(16-5-3-4-6-18(16)26)31-23(30-19)17(13-28-31)24(33)29-15-9-7-14(27)8-10-15/h3-10,13,22,30H,11-12H2,1-2H3,(H,29,33)/t22-/m0/s1. The van der Waals surface area contributed by atoms with Gasteiger partial charge in [-0.25, -0.2) is 9.07 Å². The van der Waals surface area contributed by atoms with Crippen molar-refractivity contribution in [3.05, 3.63) is 88.0 Å². The molecule has 0 spiro atoms. The van der Waals surface area contributed by atoms with Crippen molar-refractivity contribution in [1.29, 1.82) is 0 Å². The Balaban J connectivity index is 1.60. The number of carbonyl (C=O) groups is 2. The monoisotopic (exact) mass is 464 g/mol. The smallest absolute Gasteiger partial charge is 0.261 e. The Morgan fingerprint density at radius 1 is 1.18 bits per heavy atom. The molecule has 0 saturated heterocycles. The average Bonchev–Trinajstić information content (AvgIpc) is 3.17. The molecule has 33 heavy (non-hydrogen) atoms. The number of fused-ring (bicyclic) bond motifs is 1. The molecule has 6 nitrogen and oxygen atoms in total. The van der Waals surface area contributed by atoms with Crippen LogP contribution in [0.15, 0.2) is 66.0 Å². The fourth-order valence-corrected chi connectivity index (χ4v) is 4.83. The van der Waals surface area contributed by atoms with E-state index in [1.54, 1.807) is 10.7 Å². The van der Waals surface area contributed by atoms with Gasteiger partial charge in [-0.3, -0.25) is 9.59 Å². The summed E-state index contributed by atoms with van der Waals surface area (Å²) in [5, 5.41) is 11.1. The van der Waals surface area contributed by atoms with Gasteiger partial charge in [0, 0.05) is 28.4 Å². The first kappa shape index (κ1) is 21.4. The van der Waals surface area contributed by atoms with Crippen molar-refractivity contribution in [3.63, 3.8) is 0 Å². The number of ketones is 1. The van der Waals surface area contributed by atoms with E-state index in [0.717, 1.165) is 11.3 Å². The van der Waals surface area contributed by atoms with E-state index in [2.05, 4.69) is 29.6 Å². The Labute approximate surface area is 195 Å². The second-order valence-electron chi connectivity index (χ2n) is 9.19. The highest BCUT2D eigenvalue weighted by Crippen LogP contribution is 2.47. The molecule has 0 fully saturated rings. The van der Waals surface area contributed by atoms with Gasteiger partial charge in [-0.2, -0.15) is 5.10 Å². The first-order valence-electron chi connectivity index (χ1n) is 10.7. The highest BCUT2D eigenvalue weighted by molar-refractivity contribution is 6.31. The summed E-state index contributed by atoms with van der Waals surface area (Å²) in [5.41, 5.74) is 2.73. The molecular weight excluding hydrogens is 443 g/mol. The lowest BCUT2D eigenvalue weighted by atomic mass is 9.73. The maximum atomic E-state index is 13.3. The summed E-state index contributed by atoms with van der Waals surface area (Å²) in [5.74, 6) is -0.246. The molecule has 8 heteroatoms. The molecule has 0 bridgehead atoms. The molecule has 3 aromatic rings. The van der Waals surface area contributed by atoms with Gasteiger partial charge in [0.15, 0.2) is 5.78 Å². The van der Waals surface area contributed by atoms with Crippen LogP contribution >= 0.6 is 11.6 Å². The van der Waals surface area contributed by atoms with Crippen LogP contribution < -0.4 is 10.6 Å². The number of carbonyl (C=O) groups excluding carboxylic acids is 2. The quantitative estimate of drug-likeness (QED) is 0.530. The lowest BCUT2D eigenvalue weighted by Crippen LogP contribution is -2.37. The lowest BCUT2D eigenvalue weighted by Gasteiger charge is -2.39. The van der Waals surface area contributed by atoms with Gasteiger partial charge in [0.1, 0.15) is 23.2 Å². The van der Waals surface area contributed by atoms with E-state index in [1.807, 2.05) is 18.2 Å². The summed E-state index contributed by atoms with van der Waals surface area (Å²) in [6.07, 6.45) is 2.54. The number of nitrogens with one attached hydrogen (secondary N) is 2. The molecule has 168 valence electrons. The minimum atomic E-state index is -0.541. The minimum Gasteiger partial charge on any atom is -0.343 e. The number of halogens is 2. The third-order valence-electron chi connectivity index (χ3n) is 6.05. The van der Waals surface area contributed by atoms with Gasteiger partial charge < -0.3 is 10.6 Å². The summed E-state index contributed by atoms with van der Waals surface area (Å²) in [6.45, 7) is 4.10. The van der Waals surface area contributed by atoms with Crippen molar-refractivity contribution in [3.8, 4) is 0 Å². The van der Waals surface area contributed by atoms with E-state index >= 15 is 0 Å². The van der Waals surface area contributed by atoms with E-state index in [0.29, 0.717) is 40.5 Å². The first-order chi connectivity index (χ1) is 15.7. The third kappa shape index (κ3) is 3.82. The van der Waals surface area contributed by atoms with Crippen LogP contribution in [0.4, 0.5) is 15.9 Å². The third-order valence-corrected chi connectivity index (χ3v) is 6.39. The maximum absolute atomic E-state index is 13.3. The average molecular weight is 465 g/mol. The SMILES string of the molecule is CC1(C)CC(=O)C2=C(C1)Nc1c(C(=O)Nc3ccc(F)cc3)cnn1[C@H]2c1ccccc1Cl. The Hall–Kier alpha value is -3.45. The van der Waals surface area contributed by atoms with Crippen LogP contribution in [0.5, 0.6) is 0 Å². The van der Waals surface area contributed by atoms with E-state index in [9.17, 15) is 14.0 Å². The molecule has 1 amide bonds. The minimum absolute atomic E-state index is 0.0390. The van der Waals surface area contributed by atoms with Crippen molar-refractivity contribution in [2.45, 2.75) is 32.7 Å². The Bertz CT molecular complexity index is 1310. The zero-order valence-electron chi connectivity index (χ0n) is 18.2. The number of Topliss-reactive ketones (excluding diaryl/α,β-unsaturated/α-hetero) is 1. The number of benzene rings is 2. The summed E-state index contributed by atoms with van der Waals surface area (Å²) >= 11 is 6.54. The molecule has 1 atom stereocenters. The van der Waals surface area contributed by atoms with Crippen LogP contribution in [0.2, 0.25) is 5.02 Å². The lowest BCUT2D eigenvalue weighted by molar-refractivity contribution is -0.118. The largest absolute Gasteiger partial charge is 0.343 e. The Kier molecular flexibility index (Phi) is 5.09. The number of hydrogen-bond donors (Lipinski definition) is 2. The van der Waals surface area contributed by atoms with Gasteiger partial charge in [-0.15, -0.1) is 0 Å². The fourth-order valence-electron chi connectivity index (χ4n) is 4.59. The number of rotatable bonds is 3. The van der Waals surface area contributed by atoms with Crippen LogP contribution in [0, 0.1) is 11.2 Å². The normalized spacial score (nSPS) is 18.9. The molecule has 2 N–H and O–H groups in total. The zero-order chi connectivity index (χ0) is 23.3. The molecule has 2 heterocycles. The summed E-state index contributed by atoms with van der Waals surface area (Å²) in [7, 11) is 0. The molecule has 5 rings (SSSR count). The van der Waals surface area contributed by atoms with Crippen LogP contribution in [0.3, 0.4) is 0 Å². The molecule has 2 aromatic carbocycles. The summed E-state index contributed by atoms with van der Waals surface area (Å²) < 4.78 is 14.9. The summed E-state index contributed by atoms with van der Waals surface area (Å²) in [4.78, 5) is 26.4. The maximum Gasteiger partial charge on any atom is 0.261 e. The van der Waals surface area contributed by atoms with Crippen molar-refractivity contribution >= 4 is 34.8 Å². The van der Waals surface area contributed by atoms with Crippen LogP contribution in [0.1, 0.15) is 48.7 Å². The Morgan fingerprint density at radius 3 is 2.64 bits per heavy atom. The van der Waals surface area contributed by atoms with Crippen LogP contribution in [0.25, 0.3) is 0 Å². The predicted octanol–water partition coefficient (Wildman–Crippen LogP) is 5.59. The molecule has 2 aliphatic rings. The fraction of sp³-hybridized carbons (Fsp3) is 0.240. The van der Waals surface area contributed by atoms with Gasteiger partial charge in [0.05, 0.1) is 6.20 Å². The van der Waals surface area contributed by atoms with E-state index in [4.69, 9.17) is 11.6 Å². The van der Waals surface area contributed by atoms with Gasteiger partial charge in [0.25, 0.3) is 5.91 Å². The van der Waals surface area contributed by atoms with Crippen molar-refractivity contribution in [2.24, 2.45) is 5.41 Å². The molecule has 1 aromatic heterocycles. The van der Waals surface area contributed by atoms with E-state index in [1.165, 1.54) is 30.5 Å². The van der Waals surface area contributed by atoms with Gasteiger partial charge in [0.2, 0.25) is 0 Å². The predicted molar refractivity (Wildman–Crippen MR) is 125 cm³/mol. The highest BCUT2D eigenvalue weighted by Gasteiger charge is 2.42. The van der Waals surface area contributed by atoms with Crippen molar-refractivity contribution in [1.82, 2.24) is 9.78 Å². The number of aromatic nitrogens is 2. The van der Waals surface area contributed by atoms with Gasteiger partial charge in [-0.1, -0.05) is 43.6 Å². The Morgan fingerprint density at radius 2 is 1.91 bits per heavy atom. The van der Waals surface area contributed by atoms with E-state index in [-0.39, 0.29) is 17.0 Å².